The van der Waals surface area contributed by atoms with Gasteiger partial charge in [0.15, 0.2) is 0 Å². The molecule has 0 heterocycles. The largest absolute Gasteiger partial charge is 0.480 e. The predicted octanol–water partition coefficient (Wildman–Crippen LogP) is 1.36. The molecule has 0 radical (unpaired) electrons. The lowest BCUT2D eigenvalue weighted by Crippen LogP contribution is -2.47. The van der Waals surface area contributed by atoms with Crippen molar-refractivity contribution in [2.45, 2.75) is 38.8 Å². The highest BCUT2D eigenvalue weighted by atomic mass is 16.4. The van der Waals surface area contributed by atoms with Gasteiger partial charge in [0.1, 0.15) is 6.04 Å². The van der Waals surface area contributed by atoms with Crippen LogP contribution in [-0.4, -0.2) is 47.3 Å². The van der Waals surface area contributed by atoms with Crippen LogP contribution in [0.3, 0.4) is 0 Å². The molecule has 23 heavy (non-hydrogen) atoms. The third kappa shape index (κ3) is 8.32. The van der Waals surface area contributed by atoms with Crippen molar-refractivity contribution in [3.05, 3.63) is 35.9 Å². The molecule has 4 N–H and O–H groups in total. The molecule has 1 aromatic carbocycles. The number of hydrogen-bond donors (Lipinski definition) is 4. The van der Waals surface area contributed by atoms with E-state index >= 15 is 0 Å². The molecule has 6 nitrogen and oxygen atoms in total. The van der Waals surface area contributed by atoms with Crippen molar-refractivity contribution in [2.24, 2.45) is 5.92 Å². The van der Waals surface area contributed by atoms with Gasteiger partial charge in [-0.1, -0.05) is 44.2 Å². The van der Waals surface area contributed by atoms with E-state index in [1.807, 2.05) is 44.2 Å². The average Bonchev–Trinajstić information content (AvgIpc) is 2.48. The van der Waals surface area contributed by atoms with Crippen LogP contribution in [0.25, 0.3) is 0 Å². The Morgan fingerprint density at radius 3 is 2.26 bits per heavy atom. The first-order valence-electron chi connectivity index (χ1n) is 7.83. The van der Waals surface area contributed by atoms with E-state index in [0.29, 0.717) is 19.4 Å². The van der Waals surface area contributed by atoms with Crippen LogP contribution in [0.2, 0.25) is 0 Å². The summed E-state index contributed by atoms with van der Waals surface area (Å²) >= 11 is 0. The summed E-state index contributed by atoms with van der Waals surface area (Å²) in [6, 6.07) is 8.94. The Labute approximate surface area is 136 Å². The van der Waals surface area contributed by atoms with Gasteiger partial charge < -0.3 is 20.8 Å². The van der Waals surface area contributed by atoms with E-state index in [1.165, 1.54) is 0 Å². The SMILES string of the molecule is CC(C)C[C@H](NCC(Cc1ccccc1)NCC(=O)O)C(=O)O. The number of rotatable bonds is 11. The Kier molecular flexibility index (Phi) is 8.29. The molecule has 0 bridgehead atoms. The van der Waals surface area contributed by atoms with Crippen LogP contribution >= 0.6 is 0 Å². The van der Waals surface area contributed by atoms with Crippen molar-refractivity contribution in [1.29, 1.82) is 0 Å². The molecule has 0 aliphatic heterocycles. The van der Waals surface area contributed by atoms with Gasteiger partial charge in [0.2, 0.25) is 0 Å². The normalized spacial score (nSPS) is 13.7. The highest BCUT2D eigenvalue weighted by molar-refractivity contribution is 5.73. The summed E-state index contributed by atoms with van der Waals surface area (Å²) < 4.78 is 0. The van der Waals surface area contributed by atoms with Crippen molar-refractivity contribution in [3.63, 3.8) is 0 Å². The molecule has 0 aliphatic carbocycles. The lowest BCUT2D eigenvalue weighted by molar-refractivity contribution is -0.140. The highest BCUT2D eigenvalue weighted by Crippen LogP contribution is 2.07. The van der Waals surface area contributed by atoms with Gasteiger partial charge in [-0.05, 0) is 24.3 Å². The number of carbonyl (C=O) groups is 2. The minimum Gasteiger partial charge on any atom is -0.480 e. The predicted molar refractivity (Wildman–Crippen MR) is 88.5 cm³/mol. The maximum atomic E-state index is 11.3. The van der Waals surface area contributed by atoms with Crippen molar-refractivity contribution in [1.82, 2.24) is 10.6 Å². The van der Waals surface area contributed by atoms with E-state index in [9.17, 15) is 14.7 Å². The van der Waals surface area contributed by atoms with Gasteiger partial charge in [-0.3, -0.25) is 9.59 Å². The summed E-state index contributed by atoms with van der Waals surface area (Å²) in [6.07, 6.45) is 1.17. The molecule has 0 aliphatic rings. The standard InChI is InChI=1S/C17H26N2O4/c1-12(2)8-15(17(22)23)19-10-14(18-11-16(20)21)9-13-6-4-3-5-7-13/h3-7,12,14-15,18-19H,8-11H2,1-2H3,(H,20,21)(H,22,23)/t14?,15-/m0/s1. The number of nitrogens with one attached hydrogen (secondary N) is 2. The van der Waals surface area contributed by atoms with Crippen LogP contribution in [0.5, 0.6) is 0 Å². The molecule has 0 aromatic heterocycles. The molecule has 128 valence electrons. The molecule has 0 spiro atoms. The molecule has 0 fully saturated rings. The molecule has 1 aromatic rings. The monoisotopic (exact) mass is 322 g/mol. The molecule has 0 amide bonds. The Morgan fingerprint density at radius 1 is 1.09 bits per heavy atom. The van der Waals surface area contributed by atoms with Gasteiger partial charge in [-0.25, -0.2) is 0 Å². The lowest BCUT2D eigenvalue weighted by atomic mass is 10.0. The first-order chi connectivity index (χ1) is 10.9. The zero-order valence-electron chi connectivity index (χ0n) is 13.7. The second kappa shape index (κ2) is 9.97. The Morgan fingerprint density at radius 2 is 1.74 bits per heavy atom. The second-order valence-corrected chi connectivity index (χ2v) is 6.09. The van der Waals surface area contributed by atoms with Gasteiger partial charge in [-0.15, -0.1) is 0 Å². The molecule has 2 atom stereocenters. The molecule has 1 unspecified atom stereocenters. The topological polar surface area (TPSA) is 98.7 Å². The smallest absolute Gasteiger partial charge is 0.320 e. The molecule has 1 rings (SSSR count). The van der Waals surface area contributed by atoms with Gasteiger partial charge >= 0.3 is 11.9 Å². The summed E-state index contributed by atoms with van der Waals surface area (Å²) in [7, 11) is 0. The third-order valence-corrected chi connectivity index (χ3v) is 3.48. The van der Waals surface area contributed by atoms with Crippen molar-refractivity contribution >= 4 is 11.9 Å². The third-order valence-electron chi connectivity index (χ3n) is 3.48. The summed E-state index contributed by atoms with van der Waals surface area (Å²) in [5.74, 6) is -1.54. The van der Waals surface area contributed by atoms with Crippen LogP contribution in [-0.2, 0) is 16.0 Å². The second-order valence-electron chi connectivity index (χ2n) is 6.09. The summed E-state index contributed by atoms with van der Waals surface area (Å²) in [5, 5.41) is 24.1. The molecule has 0 saturated heterocycles. The Hall–Kier alpha value is -1.92. The highest BCUT2D eigenvalue weighted by Gasteiger charge is 2.20. The van der Waals surface area contributed by atoms with Crippen LogP contribution in [0.15, 0.2) is 30.3 Å². The fourth-order valence-electron chi connectivity index (χ4n) is 2.37. The minimum atomic E-state index is -0.931. The first kappa shape index (κ1) is 19.1. The molecule has 6 heteroatoms. The van der Waals surface area contributed by atoms with E-state index in [2.05, 4.69) is 10.6 Å². The van der Waals surface area contributed by atoms with E-state index in [1.54, 1.807) is 0 Å². The van der Waals surface area contributed by atoms with Crippen molar-refractivity contribution in [3.8, 4) is 0 Å². The van der Waals surface area contributed by atoms with E-state index < -0.39 is 18.0 Å². The van der Waals surface area contributed by atoms with Gasteiger partial charge in [0.05, 0.1) is 6.54 Å². The van der Waals surface area contributed by atoms with E-state index in [-0.39, 0.29) is 18.5 Å². The van der Waals surface area contributed by atoms with Gasteiger partial charge in [0, 0.05) is 12.6 Å². The van der Waals surface area contributed by atoms with Crippen molar-refractivity contribution < 1.29 is 19.8 Å². The zero-order valence-corrected chi connectivity index (χ0v) is 13.7. The number of carboxylic acid groups (broad SMARTS) is 2. The lowest BCUT2D eigenvalue weighted by Gasteiger charge is -2.22. The maximum absolute atomic E-state index is 11.3. The zero-order chi connectivity index (χ0) is 17.2. The van der Waals surface area contributed by atoms with Crippen molar-refractivity contribution in [2.75, 3.05) is 13.1 Å². The fourth-order valence-corrected chi connectivity index (χ4v) is 2.37. The van der Waals surface area contributed by atoms with Crippen LogP contribution in [0.4, 0.5) is 0 Å². The summed E-state index contributed by atoms with van der Waals surface area (Å²) in [5.41, 5.74) is 1.08. The van der Waals surface area contributed by atoms with Crippen LogP contribution < -0.4 is 10.6 Å². The number of hydrogen-bond acceptors (Lipinski definition) is 4. The number of benzene rings is 1. The number of aliphatic carboxylic acids is 2. The van der Waals surface area contributed by atoms with Gasteiger partial charge in [0.25, 0.3) is 0 Å². The minimum absolute atomic E-state index is 0.150. The Balaban J connectivity index is 2.63. The van der Waals surface area contributed by atoms with Crippen LogP contribution in [0.1, 0.15) is 25.8 Å². The fraction of sp³-hybridized carbons (Fsp3) is 0.529. The van der Waals surface area contributed by atoms with Crippen LogP contribution in [0, 0.1) is 5.92 Å². The Bertz CT molecular complexity index is 491. The summed E-state index contributed by atoms with van der Waals surface area (Å²) in [6.45, 7) is 4.19. The summed E-state index contributed by atoms with van der Waals surface area (Å²) in [4.78, 5) is 22.1. The number of carboxylic acids is 2. The van der Waals surface area contributed by atoms with Gasteiger partial charge in [-0.2, -0.15) is 0 Å². The van der Waals surface area contributed by atoms with E-state index in [0.717, 1.165) is 5.56 Å². The maximum Gasteiger partial charge on any atom is 0.320 e. The van der Waals surface area contributed by atoms with E-state index in [4.69, 9.17) is 5.11 Å². The average molecular weight is 322 g/mol. The molecule has 0 saturated carbocycles. The molecular weight excluding hydrogens is 296 g/mol. The molecular formula is C17H26N2O4. The quantitative estimate of drug-likeness (QED) is 0.491. The first-order valence-corrected chi connectivity index (χ1v) is 7.83.